The highest BCUT2D eigenvalue weighted by Crippen LogP contribution is 2.27. The van der Waals surface area contributed by atoms with Crippen LogP contribution in [0, 0.1) is 6.92 Å². The highest BCUT2D eigenvalue weighted by molar-refractivity contribution is 6.30. The Hall–Kier alpha value is -3.31. The molecule has 2 aromatic carbocycles. The number of hydrogen-bond donors (Lipinski definition) is 1. The van der Waals surface area contributed by atoms with Crippen LogP contribution in [0.3, 0.4) is 0 Å². The first-order valence-electron chi connectivity index (χ1n) is 8.51. The number of H-pyrrole nitrogens is 1. The molecule has 0 fully saturated rings. The highest BCUT2D eigenvalue weighted by Gasteiger charge is 2.08. The molecule has 0 bridgehead atoms. The van der Waals surface area contributed by atoms with Crippen LogP contribution >= 0.6 is 11.6 Å². The lowest BCUT2D eigenvalue weighted by Gasteiger charge is -2.05. The molecule has 5 rings (SSSR count). The number of benzene rings is 2. The van der Waals surface area contributed by atoms with Crippen LogP contribution < -0.4 is 0 Å². The predicted octanol–water partition coefficient (Wildman–Crippen LogP) is 5.20. The molecular formula is C21H14ClN5. The van der Waals surface area contributed by atoms with Gasteiger partial charge < -0.3 is 0 Å². The zero-order valence-electron chi connectivity index (χ0n) is 14.4. The van der Waals surface area contributed by atoms with Gasteiger partial charge in [0.25, 0.3) is 0 Å². The quantitative estimate of drug-likeness (QED) is 0.463. The highest BCUT2D eigenvalue weighted by atomic mass is 35.5. The molecule has 5 nitrogen and oxygen atoms in total. The fraction of sp³-hybridized carbons (Fsp3) is 0.0476. The maximum Gasteiger partial charge on any atom is 0.178 e. The fourth-order valence-corrected chi connectivity index (χ4v) is 3.35. The van der Waals surface area contributed by atoms with E-state index < -0.39 is 0 Å². The second-order valence-electron chi connectivity index (χ2n) is 6.41. The second-order valence-corrected chi connectivity index (χ2v) is 6.85. The van der Waals surface area contributed by atoms with Crippen molar-refractivity contribution in [2.45, 2.75) is 6.92 Å². The molecular weight excluding hydrogens is 358 g/mol. The van der Waals surface area contributed by atoms with Gasteiger partial charge in [0.15, 0.2) is 5.65 Å². The molecule has 0 amide bonds. The number of fused-ring (bicyclic) bond motifs is 2. The van der Waals surface area contributed by atoms with E-state index in [4.69, 9.17) is 11.6 Å². The monoisotopic (exact) mass is 371 g/mol. The van der Waals surface area contributed by atoms with Crippen LogP contribution in [-0.2, 0) is 0 Å². The average molecular weight is 372 g/mol. The summed E-state index contributed by atoms with van der Waals surface area (Å²) in [6, 6.07) is 15.7. The number of aryl methyl sites for hydroxylation is 1. The summed E-state index contributed by atoms with van der Waals surface area (Å²) in [6.45, 7) is 2.01. The Bertz CT molecular complexity index is 1310. The van der Waals surface area contributed by atoms with Crippen molar-refractivity contribution in [3.63, 3.8) is 0 Å². The van der Waals surface area contributed by atoms with E-state index in [9.17, 15) is 0 Å². The number of halogens is 1. The summed E-state index contributed by atoms with van der Waals surface area (Å²) < 4.78 is 0. The molecule has 0 saturated carbocycles. The molecule has 0 aliphatic carbocycles. The molecule has 0 aliphatic rings. The molecule has 0 radical (unpaired) electrons. The first kappa shape index (κ1) is 15.9. The Morgan fingerprint density at radius 1 is 0.852 bits per heavy atom. The number of pyridine rings is 1. The van der Waals surface area contributed by atoms with Crippen molar-refractivity contribution in [2.75, 3.05) is 0 Å². The number of hydrogen-bond acceptors (Lipinski definition) is 4. The fourth-order valence-electron chi connectivity index (χ4n) is 3.16. The van der Waals surface area contributed by atoms with Gasteiger partial charge in [-0.05, 0) is 42.8 Å². The van der Waals surface area contributed by atoms with Crippen molar-refractivity contribution in [3.05, 3.63) is 71.6 Å². The lowest BCUT2D eigenvalue weighted by atomic mass is 10.0. The average Bonchev–Trinajstić information content (AvgIpc) is 3.07. The minimum absolute atomic E-state index is 0.608. The van der Waals surface area contributed by atoms with Crippen LogP contribution in [0.2, 0.25) is 5.02 Å². The maximum absolute atomic E-state index is 6.08. The van der Waals surface area contributed by atoms with Crippen molar-refractivity contribution in [1.82, 2.24) is 25.1 Å². The SMILES string of the molecule is Cc1[nH]nc2ccc(-c3cnc4nc(-c5cccc(Cl)c5)cnc4c3)cc12. The summed E-state index contributed by atoms with van der Waals surface area (Å²) >= 11 is 6.08. The van der Waals surface area contributed by atoms with Crippen molar-refractivity contribution in [3.8, 4) is 22.4 Å². The smallest absolute Gasteiger partial charge is 0.178 e. The van der Waals surface area contributed by atoms with Crippen molar-refractivity contribution >= 4 is 33.7 Å². The Labute approximate surface area is 160 Å². The van der Waals surface area contributed by atoms with E-state index in [1.54, 1.807) is 6.20 Å². The van der Waals surface area contributed by atoms with Gasteiger partial charge in [0.1, 0.15) is 5.52 Å². The molecule has 130 valence electrons. The Kier molecular flexibility index (Phi) is 3.62. The van der Waals surface area contributed by atoms with Crippen molar-refractivity contribution < 1.29 is 0 Å². The van der Waals surface area contributed by atoms with Crippen LogP contribution in [-0.4, -0.2) is 25.1 Å². The van der Waals surface area contributed by atoms with Crippen LogP contribution in [0.15, 0.2) is 60.9 Å². The normalized spacial score (nSPS) is 11.3. The molecule has 6 heteroatoms. The molecule has 5 aromatic rings. The number of rotatable bonds is 2. The van der Waals surface area contributed by atoms with Crippen LogP contribution in [0.1, 0.15) is 5.69 Å². The van der Waals surface area contributed by atoms with E-state index in [1.807, 2.05) is 55.6 Å². The van der Waals surface area contributed by atoms with E-state index in [0.717, 1.165) is 44.5 Å². The molecule has 0 atom stereocenters. The van der Waals surface area contributed by atoms with Gasteiger partial charge in [0.05, 0.1) is 17.4 Å². The van der Waals surface area contributed by atoms with Gasteiger partial charge in [-0.3, -0.25) is 10.1 Å². The van der Waals surface area contributed by atoms with Gasteiger partial charge in [-0.25, -0.2) is 9.97 Å². The molecule has 1 N–H and O–H groups in total. The van der Waals surface area contributed by atoms with Crippen LogP contribution in [0.5, 0.6) is 0 Å². The first-order valence-corrected chi connectivity index (χ1v) is 8.89. The minimum atomic E-state index is 0.608. The summed E-state index contributed by atoms with van der Waals surface area (Å²) in [5, 5.41) is 9.06. The largest absolute Gasteiger partial charge is 0.282 e. The molecule has 3 heterocycles. The standard InChI is InChI=1S/C21H14ClN5/c1-12-17-8-13(5-6-18(17)27-26-12)15-9-19-21(24-10-15)25-20(11-23-19)14-3-2-4-16(22)7-14/h2-11H,1H3,(H,26,27). The van der Waals surface area contributed by atoms with Gasteiger partial charge in [0, 0.05) is 33.4 Å². The van der Waals surface area contributed by atoms with Gasteiger partial charge in [-0.2, -0.15) is 5.10 Å². The zero-order valence-corrected chi connectivity index (χ0v) is 15.2. The van der Waals surface area contributed by atoms with E-state index in [0.29, 0.717) is 10.7 Å². The molecule has 0 unspecified atom stereocenters. The third-order valence-corrected chi connectivity index (χ3v) is 4.83. The minimum Gasteiger partial charge on any atom is -0.282 e. The Morgan fingerprint density at radius 2 is 1.78 bits per heavy atom. The van der Waals surface area contributed by atoms with Gasteiger partial charge in [0.2, 0.25) is 0 Å². The van der Waals surface area contributed by atoms with Crippen LogP contribution in [0.25, 0.3) is 44.5 Å². The summed E-state index contributed by atoms with van der Waals surface area (Å²) in [6.07, 6.45) is 3.58. The summed E-state index contributed by atoms with van der Waals surface area (Å²) in [7, 11) is 0. The zero-order chi connectivity index (χ0) is 18.4. The number of aromatic amines is 1. The Balaban J connectivity index is 1.59. The second kappa shape index (κ2) is 6.14. The summed E-state index contributed by atoms with van der Waals surface area (Å²) in [5.74, 6) is 0. The third-order valence-electron chi connectivity index (χ3n) is 4.60. The Morgan fingerprint density at radius 3 is 2.67 bits per heavy atom. The third kappa shape index (κ3) is 2.82. The van der Waals surface area contributed by atoms with Crippen LogP contribution in [0.4, 0.5) is 0 Å². The van der Waals surface area contributed by atoms with E-state index >= 15 is 0 Å². The molecule has 0 aliphatic heterocycles. The van der Waals surface area contributed by atoms with E-state index in [-0.39, 0.29) is 0 Å². The molecule has 0 saturated heterocycles. The molecule has 3 aromatic heterocycles. The van der Waals surface area contributed by atoms with Gasteiger partial charge in [-0.1, -0.05) is 29.8 Å². The number of nitrogens with one attached hydrogen (secondary N) is 1. The summed E-state index contributed by atoms with van der Waals surface area (Å²) in [4.78, 5) is 13.7. The van der Waals surface area contributed by atoms with Gasteiger partial charge >= 0.3 is 0 Å². The first-order chi connectivity index (χ1) is 13.2. The number of nitrogens with zero attached hydrogens (tertiary/aromatic N) is 4. The van der Waals surface area contributed by atoms with Crippen molar-refractivity contribution in [1.29, 1.82) is 0 Å². The summed E-state index contributed by atoms with van der Waals surface area (Å²) in [5.41, 5.74) is 7.10. The van der Waals surface area contributed by atoms with Gasteiger partial charge in [-0.15, -0.1) is 0 Å². The topological polar surface area (TPSA) is 67.3 Å². The molecule has 27 heavy (non-hydrogen) atoms. The lowest BCUT2D eigenvalue weighted by Crippen LogP contribution is -1.92. The lowest BCUT2D eigenvalue weighted by molar-refractivity contribution is 1.07. The maximum atomic E-state index is 6.08. The number of aromatic nitrogens is 5. The molecule has 0 spiro atoms. The van der Waals surface area contributed by atoms with Crippen molar-refractivity contribution in [2.24, 2.45) is 0 Å². The van der Waals surface area contributed by atoms with E-state index in [2.05, 4.69) is 31.2 Å². The predicted molar refractivity (Wildman–Crippen MR) is 108 cm³/mol. The van der Waals surface area contributed by atoms with E-state index in [1.165, 1.54) is 0 Å².